The highest BCUT2D eigenvalue weighted by atomic mass is 31.2. The molecule has 5 heteroatoms. The van der Waals surface area contributed by atoms with Crippen molar-refractivity contribution < 1.29 is 14.4 Å². The molecule has 0 aliphatic heterocycles. The molecule has 0 aromatic carbocycles. The smallest absolute Gasteiger partial charge is 0.156 e. The summed E-state index contributed by atoms with van der Waals surface area (Å²) in [6, 6.07) is 0. The minimum Gasteiger partial charge on any atom is -0.775 e. The molecule has 0 aromatic rings. The van der Waals surface area contributed by atoms with Gasteiger partial charge in [0.15, 0.2) is 7.60 Å². The van der Waals surface area contributed by atoms with E-state index in [0.29, 0.717) is 5.82 Å². The molecule has 0 saturated heterocycles. The molecular formula is C2H5NO3P-. The van der Waals surface area contributed by atoms with E-state index in [9.17, 15) is 9.46 Å². The third kappa shape index (κ3) is 5.69. The average Bonchev–Trinajstić information content (AvgIpc) is 1.30. The molecule has 0 heterocycles. The Morgan fingerprint density at radius 1 is 1.86 bits per heavy atom. The van der Waals surface area contributed by atoms with Gasteiger partial charge >= 0.3 is 0 Å². The summed E-state index contributed by atoms with van der Waals surface area (Å²) in [5.74, 6) is 0.521. The second-order valence-corrected chi connectivity index (χ2v) is 2.33. The Bertz CT molecular complexity index is 114. The standard InChI is InChI=1S/C2H6NO3P/c3-1-2-7(4,5)6/h1-2H,3H2,(H2,4,5,6)/p-1/b2-1+. The lowest BCUT2D eigenvalue weighted by atomic mass is 11.1. The Kier molecular flexibility index (Phi) is 2.02. The lowest BCUT2D eigenvalue weighted by Gasteiger charge is -2.06. The van der Waals surface area contributed by atoms with E-state index < -0.39 is 7.60 Å². The first-order chi connectivity index (χ1) is 3.06. The van der Waals surface area contributed by atoms with Crippen molar-refractivity contribution in [2.45, 2.75) is 0 Å². The SMILES string of the molecule is N/C=C/P(=O)([O-])O. The molecule has 7 heavy (non-hydrogen) atoms. The highest BCUT2D eigenvalue weighted by Gasteiger charge is 1.87. The second-order valence-electron chi connectivity index (χ2n) is 0.906. The highest BCUT2D eigenvalue weighted by molar-refractivity contribution is 7.53. The van der Waals surface area contributed by atoms with Crippen molar-refractivity contribution in [1.82, 2.24) is 0 Å². The number of nitrogens with two attached hydrogens (primary N) is 1. The fraction of sp³-hybridized carbons (Fsp3) is 0. The summed E-state index contributed by atoms with van der Waals surface area (Å²) in [6.07, 6.45) is 0.758. The van der Waals surface area contributed by atoms with Gasteiger partial charge in [0.05, 0.1) is 0 Å². The van der Waals surface area contributed by atoms with Crippen molar-refractivity contribution in [2.75, 3.05) is 0 Å². The molecular weight excluding hydrogens is 117 g/mol. The van der Waals surface area contributed by atoms with E-state index in [-0.39, 0.29) is 0 Å². The van der Waals surface area contributed by atoms with E-state index in [1.165, 1.54) is 0 Å². The third-order valence-corrected chi connectivity index (χ3v) is 0.823. The zero-order valence-electron chi connectivity index (χ0n) is 3.44. The van der Waals surface area contributed by atoms with Crippen LogP contribution in [-0.2, 0) is 4.57 Å². The van der Waals surface area contributed by atoms with Crippen LogP contribution in [0.1, 0.15) is 0 Å². The van der Waals surface area contributed by atoms with Crippen LogP contribution in [-0.4, -0.2) is 4.89 Å². The number of hydrogen-bond acceptors (Lipinski definition) is 3. The summed E-state index contributed by atoms with van der Waals surface area (Å²) in [6.45, 7) is 0. The quantitative estimate of drug-likeness (QED) is 0.435. The van der Waals surface area contributed by atoms with E-state index in [1.54, 1.807) is 0 Å². The van der Waals surface area contributed by atoms with Gasteiger partial charge < -0.3 is 20.1 Å². The van der Waals surface area contributed by atoms with Crippen molar-refractivity contribution in [1.29, 1.82) is 0 Å². The van der Waals surface area contributed by atoms with Crippen LogP contribution < -0.4 is 10.6 Å². The van der Waals surface area contributed by atoms with Crippen LogP contribution in [0.15, 0.2) is 12.0 Å². The molecule has 0 saturated carbocycles. The fourth-order valence-corrected chi connectivity index (χ4v) is 0.326. The second kappa shape index (κ2) is 2.12. The Hall–Kier alpha value is -0.310. The predicted molar refractivity (Wildman–Crippen MR) is 23.2 cm³/mol. The topological polar surface area (TPSA) is 86.4 Å². The van der Waals surface area contributed by atoms with Gasteiger partial charge in [0.1, 0.15) is 0 Å². The minimum atomic E-state index is -4.22. The van der Waals surface area contributed by atoms with Gasteiger partial charge in [0.2, 0.25) is 0 Å². The average molecular weight is 122 g/mol. The van der Waals surface area contributed by atoms with Gasteiger partial charge in [-0.1, -0.05) is 0 Å². The number of rotatable bonds is 1. The summed E-state index contributed by atoms with van der Waals surface area (Å²) in [5, 5.41) is 0. The maximum absolute atomic E-state index is 9.65. The monoisotopic (exact) mass is 122 g/mol. The number of hydrogen-bond donors (Lipinski definition) is 2. The minimum absolute atomic E-state index is 0.521. The lowest BCUT2D eigenvalue weighted by molar-refractivity contribution is -0.189. The maximum Gasteiger partial charge on any atom is 0.156 e. The third-order valence-electron chi connectivity index (χ3n) is 0.274. The summed E-state index contributed by atoms with van der Waals surface area (Å²) in [5.41, 5.74) is 4.60. The van der Waals surface area contributed by atoms with Gasteiger partial charge in [-0.05, 0) is 6.20 Å². The van der Waals surface area contributed by atoms with Crippen molar-refractivity contribution >= 4 is 7.60 Å². The van der Waals surface area contributed by atoms with Gasteiger partial charge in [-0.15, -0.1) is 0 Å². The van der Waals surface area contributed by atoms with Crippen LogP contribution in [0, 0.1) is 0 Å². The van der Waals surface area contributed by atoms with E-state index in [2.05, 4.69) is 5.73 Å². The first-order valence-corrected chi connectivity index (χ1v) is 3.14. The molecule has 0 aliphatic carbocycles. The zero-order chi connectivity index (χ0) is 5.91. The van der Waals surface area contributed by atoms with Crippen molar-refractivity contribution in [3.8, 4) is 0 Å². The molecule has 0 amide bonds. The van der Waals surface area contributed by atoms with E-state index >= 15 is 0 Å². The molecule has 0 fully saturated rings. The van der Waals surface area contributed by atoms with Gasteiger partial charge in [0.25, 0.3) is 0 Å². The summed E-state index contributed by atoms with van der Waals surface area (Å²) < 4.78 is 9.65. The van der Waals surface area contributed by atoms with Crippen molar-refractivity contribution in [3.05, 3.63) is 12.0 Å². The molecule has 4 nitrogen and oxygen atoms in total. The molecule has 42 valence electrons. The van der Waals surface area contributed by atoms with Crippen LogP contribution in [0.5, 0.6) is 0 Å². The molecule has 0 bridgehead atoms. The van der Waals surface area contributed by atoms with Gasteiger partial charge in [-0.3, -0.25) is 0 Å². The molecule has 0 rings (SSSR count). The molecule has 1 unspecified atom stereocenters. The largest absolute Gasteiger partial charge is 0.775 e. The molecule has 0 spiro atoms. The Balaban J connectivity index is 3.82. The fourth-order valence-electron chi connectivity index (χ4n) is 0.109. The van der Waals surface area contributed by atoms with Crippen LogP contribution in [0.3, 0.4) is 0 Å². The molecule has 0 radical (unpaired) electrons. The Labute approximate surface area is 40.8 Å². The van der Waals surface area contributed by atoms with Crippen LogP contribution in [0.25, 0.3) is 0 Å². The Morgan fingerprint density at radius 2 is 2.29 bits per heavy atom. The van der Waals surface area contributed by atoms with Gasteiger partial charge in [0, 0.05) is 5.82 Å². The van der Waals surface area contributed by atoms with E-state index in [1.807, 2.05) is 0 Å². The Morgan fingerprint density at radius 3 is 2.29 bits per heavy atom. The lowest BCUT2D eigenvalue weighted by Crippen LogP contribution is -1.95. The summed E-state index contributed by atoms with van der Waals surface area (Å²) in [4.78, 5) is 17.5. The van der Waals surface area contributed by atoms with E-state index in [4.69, 9.17) is 4.89 Å². The normalized spacial score (nSPS) is 19.7. The zero-order valence-corrected chi connectivity index (χ0v) is 4.34. The van der Waals surface area contributed by atoms with Crippen molar-refractivity contribution in [3.63, 3.8) is 0 Å². The predicted octanol–water partition coefficient (Wildman–Crippen LogP) is -1.04. The highest BCUT2D eigenvalue weighted by Crippen LogP contribution is 2.29. The van der Waals surface area contributed by atoms with Gasteiger partial charge in [-0.25, -0.2) is 0 Å². The van der Waals surface area contributed by atoms with Crippen molar-refractivity contribution in [2.24, 2.45) is 5.73 Å². The molecule has 3 N–H and O–H groups in total. The van der Waals surface area contributed by atoms with Crippen LogP contribution in [0.4, 0.5) is 0 Å². The first kappa shape index (κ1) is 6.69. The van der Waals surface area contributed by atoms with E-state index in [0.717, 1.165) is 6.20 Å². The molecule has 1 atom stereocenters. The maximum atomic E-state index is 9.65. The van der Waals surface area contributed by atoms with Crippen LogP contribution >= 0.6 is 7.60 Å². The van der Waals surface area contributed by atoms with Gasteiger partial charge in [-0.2, -0.15) is 0 Å². The summed E-state index contributed by atoms with van der Waals surface area (Å²) in [7, 11) is -4.22. The molecule has 0 aromatic heterocycles. The molecule has 0 aliphatic rings. The van der Waals surface area contributed by atoms with Crippen LogP contribution in [0.2, 0.25) is 0 Å². The summed E-state index contributed by atoms with van der Waals surface area (Å²) >= 11 is 0. The first-order valence-electron chi connectivity index (χ1n) is 1.49.